The second-order valence-corrected chi connectivity index (χ2v) is 6.94. The van der Waals surface area contributed by atoms with E-state index >= 15 is 0 Å². The van der Waals surface area contributed by atoms with Crippen LogP contribution < -0.4 is 0 Å². The Morgan fingerprint density at radius 1 is 1.19 bits per heavy atom. The van der Waals surface area contributed by atoms with E-state index in [1.807, 2.05) is 31.2 Å². The van der Waals surface area contributed by atoms with Gasteiger partial charge in [-0.2, -0.15) is 5.10 Å². The molecule has 21 heavy (non-hydrogen) atoms. The van der Waals surface area contributed by atoms with Gasteiger partial charge >= 0.3 is 0 Å². The number of fused-ring (bicyclic) bond motifs is 1. The molecular weight excluding hydrogens is 286 g/mol. The van der Waals surface area contributed by atoms with Crippen LogP contribution in [0.1, 0.15) is 5.56 Å². The molecule has 2 heterocycles. The van der Waals surface area contributed by atoms with Crippen molar-refractivity contribution in [2.75, 3.05) is 5.75 Å². The monoisotopic (exact) mass is 301 g/mol. The summed E-state index contributed by atoms with van der Waals surface area (Å²) in [6, 6.07) is 11.0. The number of rotatable bonds is 4. The van der Waals surface area contributed by atoms with Gasteiger partial charge in [0.2, 0.25) is 0 Å². The van der Waals surface area contributed by atoms with E-state index in [9.17, 15) is 8.42 Å². The molecule has 0 amide bonds. The van der Waals surface area contributed by atoms with Gasteiger partial charge in [0.05, 0.1) is 17.8 Å². The van der Waals surface area contributed by atoms with Crippen LogP contribution in [0.2, 0.25) is 0 Å². The van der Waals surface area contributed by atoms with E-state index < -0.39 is 9.84 Å². The van der Waals surface area contributed by atoms with Gasteiger partial charge in [-0.1, -0.05) is 18.2 Å². The van der Waals surface area contributed by atoms with Gasteiger partial charge in [0.1, 0.15) is 0 Å². The molecule has 0 saturated carbocycles. The van der Waals surface area contributed by atoms with Crippen molar-refractivity contribution in [1.82, 2.24) is 14.8 Å². The lowest BCUT2D eigenvalue weighted by Gasteiger charge is -2.08. The van der Waals surface area contributed by atoms with E-state index in [4.69, 9.17) is 0 Å². The van der Waals surface area contributed by atoms with Crippen LogP contribution in [-0.2, 0) is 16.4 Å². The SMILES string of the molecule is Cc1cc(S(=O)(=O)CCn2cccn2)nc2ccccc12. The largest absolute Gasteiger partial charge is 0.272 e. The molecule has 0 bridgehead atoms. The van der Waals surface area contributed by atoms with Gasteiger partial charge in [-0.15, -0.1) is 0 Å². The predicted octanol–water partition coefficient (Wildman–Crippen LogP) is 2.21. The summed E-state index contributed by atoms with van der Waals surface area (Å²) >= 11 is 0. The van der Waals surface area contributed by atoms with Crippen LogP contribution in [0.15, 0.2) is 53.8 Å². The molecule has 0 saturated heterocycles. The molecule has 3 aromatic rings. The summed E-state index contributed by atoms with van der Waals surface area (Å²) in [5, 5.41) is 5.12. The van der Waals surface area contributed by atoms with Crippen molar-refractivity contribution in [3.8, 4) is 0 Å². The number of aromatic nitrogens is 3. The first-order valence-corrected chi connectivity index (χ1v) is 8.28. The maximum Gasteiger partial charge on any atom is 0.197 e. The number of sulfone groups is 1. The zero-order valence-electron chi connectivity index (χ0n) is 11.6. The van der Waals surface area contributed by atoms with E-state index in [0.29, 0.717) is 12.1 Å². The molecule has 0 N–H and O–H groups in total. The summed E-state index contributed by atoms with van der Waals surface area (Å²) in [5.41, 5.74) is 1.62. The average molecular weight is 301 g/mol. The van der Waals surface area contributed by atoms with Crippen LogP contribution in [0.5, 0.6) is 0 Å². The summed E-state index contributed by atoms with van der Waals surface area (Å²) in [6.45, 7) is 2.22. The number of aryl methyl sites for hydroxylation is 2. The number of nitrogens with zero attached hydrogens (tertiary/aromatic N) is 3. The Hall–Kier alpha value is -2.21. The van der Waals surface area contributed by atoms with Crippen LogP contribution >= 0.6 is 0 Å². The van der Waals surface area contributed by atoms with E-state index in [0.717, 1.165) is 10.9 Å². The molecule has 6 heteroatoms. The Bertz CT molecular complexity index is 871. The summed E-state index contributed by atoms with van der Waals surface area (Å²) < 4.78 is 26.4. The number of benzene rings is 1. The standard InChI is InChI=1S/C15H15N3O2S/c1-12-11-15(17-14-6-3-2-5-13(12)14)21(19,20)10-9-18-8-4-7-16-18/h2-8,11H,9-10H2,1H3. The van der Waals surface area contributed by atoms with Crippen LogP contribution in [0, 0.1) is 6.92 Å². The van der Waals surface area contributed by atoms with Crippen molar-refractivity contribution in [2.45, 2.75) is 18.5 Å². The molecule has 3 rings (SSSR count). The van der Waals surface area contributed by atoms with Gasteiger partial charge in [-0.3, -0.25) is 4.68 Å². The van der Waals surface area contributed by atoms with Crippen LogP contribution in [0.3, 0.4) is 0 Å². The molecule has 0 aliphatic heterocycles. The lowest BCUT2D eigenvalue weighted by atomic mass is 10.1. The lowest BCUT2D eigenvalue weighted by molar-refractivity contribution is 0.577. The highest BCUT2D eigenvalue weighted by atomic mass is 32.2. The van der Waals surface area contributed by atoms with Crippen molar-refractivity contribution in [1.29, 1.82) is 0 Å². The van der Waals surface area contributed by atoms with Gasteiger partial charge in [-0.05, 0) is 30.7 Å². The Labute approximate surface area is 123 Å². The number of pyridine rings is 1. The average Bonchev–Trinajstić information content (AvgIpc) is 2.99. The minimum absolute atomic E-state index is 0.0144. The highest BCUT2D eigenvalue weighted by Gasteiger charge is 2.17. The molecular formula is C15H15N3O2S. The third kappa shape index (κ3) is 2.80. The maximum absolute atomic E-state index is 12.4. The highest BCUT2D eigenvalue weighted by Crippen LogP contribution is 2.20. The third-order valence-corrected chi connectivity index (χ3v) is 4.93. The van der Waals surface area contributed by atoms with Gasteiger partial charge < -0.3 is 0 Å². The molecule has 0 atom stereocenters. The van der Waals surface area contributed by atoms with Crippen LogP contribution in [0.4, 0.5) is 0 Å². The normalized spacial score (nSPS) is 11.9. The molecule has 1 aromatic carbocycles. The maximum atomic E-state index is 12.4. The third-order valence-electron chi connectivity index (χ3n) is 3.37. The molecule has 5 nitrogen and oxygen atoms in total. The molecule has 0 aliphatic carbocycles. The van der Waals surface area contributed by atoms with Crippen molar-refractivity contribution >= 4 is 20.7 Å². The molecule has 108 valence electrons. The lowest BCUT2D eigenvalue weighted by Crippen LogP contribution is -2.15. The fourth-order valence-electron chi connectivity index (χ4n) is 2.23. The van der Waals surface area contributed by atoms with Gasteiger partial charge in [-0.25, -0.2) is 13.4 Å². The molecule has 0 radical (unpaired) electrons. The summed E-state index contributed by atoms with van der Waals surface area (Å²) in [6.07, 6.45) is 3.37. The Morgan fingerprint density at radius 3 is 2.76 bits per heavy atom. The predicted molar refractivity (Wildman–Crippen MR) is 80.8 cm³/mol. The van der Waals surface area contributed by atoms with Crippen molar-refractivity contribution < 1.29 is 8.42 Å². The second kappa shape index (κ2) is 5.29. The second-order valence-electron chi connectivity index (χ2n) is 4.88. The Morgan fingerprint density at radius 2 is 2.00 bits per heavy atom. The smallest absolute Gasteiger partial charge is 0.197 e. The Kier molecular flexibility index (Phi) is 3.47. The molecule has 0 spiro atoms. The topological polar surface area (TPSA) is 64.8 Å². The van der Waals surface area contributed by atoms with Crippen molar-refractivity contribution in [2.24, 2.45) is 0 Å². The fourth-order valence-corrected chi connectivity index (χ4v) is 3.46. The van der Waals surface area contributed by atoms with Crippen LogP contribution in [-0.4, -0.2) is 28.9 Å². The Balaban J connectivity index is 1.95. The summed E-state index contributed by atoms with van der Waals surface area (Å²) in [4.78, 5) is 4.29. The fraction of sp³-hybridized carbons (Fsp3) is 0.200. The first kappa shape index (κ1) is 13.8. The number of hydrogen-bond acceptors (Lipinski definition) is 4. The molecule has 0 unspecified atom stereocenters. The molecule has 2 aromatic heterocycles. The summed E-state index contributed by atoms with van der Waals surface area (Å²) in [7, 11) is -3.42. The van der Waals surface area contributed by atoms with E-state index in [2.05, 4.69) is 10.1 Å². The quantitative estimate of drug-likeness (QED) is 0.741. The number of hydrogen-bond donors (Lipinski definition) is 0. The first-order valence-electron chi connectivity index (χ1n) is 6.63. The highest BCUT2D eigenvalue weighted by molar-refractivity contribution is 7.91. The van der Waals surface area contributed by atoms with Crippen molar-refractivity contribution in [3.63, 3.8) is 0 Å². The van der Waals surface area contributed by atoms with Crippen molar-refractivity contribution in [3.05, 3.63) is 54.4 Å². The first-order chi connectivity index (χ1) is 10.1. The minimum atomic E-state index is -3.42. The van der Waals surface area contributed by atoms with Gasteiger partial charge in [0.15, 0.2) is 14.9 Å². The van der Waals surface area contributed by atoms with Gasteiger partial charge in [0.25, 0.3) is 0 Å². The number of para-hydroxylation sites is 1. The van der Waals surface area contributed by atoms with E-state index in [1.54, 1.807) is 29.2 Å². The van der Waals surface area contributed by atoms with Crippen LogP contribution in [0.25, 0.3) is 10.9 Å². The zero-order valence-corrected chi connectivity index (χ0v) is 12.4. The molecule has 0 aliphatic rings. The van der Waals surface area contributed by atoms with E-state index in [-0.39, 0.29) is 10.8 Å². The minimum Gasteiger partial charge on any atom is -0.272 e. The molecule has 0 fully saturated rings. The van der Waals surface area contributed by atoms with E-state index in [1.165, 1.54) is 0 Å². The zero-order chi connectivity index (χ0) is 14.9. The summed E-state index contributed by atoms with van der Waals surface area (Å²) in [5.74, 6) is -0.0144. The van der Waals surface area contributed by atoms with Gasteiger partial charge in [0, 0.05) is 17.8 Å².